The number of benzene rings is 1. The first-order chi connectivity index (χ1) is 8.65. The van der Waals surface area contributed by atoms with E-state index in [2.05, 4.69) is 24.8 Å². The zero-order chi connectivity index (χ0) is 13.1. The average molecular weight is 248 g/mol. The lowest BCUT2D eigenvalue weighted by molar-refractivity contribution is 0.187. The fraction of sp³-hybridized carbons (Fsp3) is 0.600. The molecule has 100 valence electrons. The summed E-state index contributed by atoms with van der Waals surface area (Å²) in [6.07, 6.45) is 3.84. The van der Waals surface area contributed by atoms with E-state index in [0.717, 1.165) is 18.0 Å². The Morgan fingerprint density at radius 1 is 1.39 bits per heavy atom. The Labute approximate surface area is 110 Å². The SMILES string of the molecule is CCC1CCC(C)N1Cc1ccc(N)cc1OC. The van der Waals surface area contributed by atoms with Gasteiger partial charge in [0.25, 0.3) is 0 Å². The van der Waals surface area contributed by atoms with Gasteiger partial charge in [-0.15, -0.1) is 0 Å². The van der Waals surface area contributed by atoms with Crippen LogP contribution in [0.25, 0.3) is 0 Å². The van der Waals surface area contributed by atoms with Crippen LogP contribution in [0.2, 0.25) is 0 Å². The Morgan fingerprint density at radius 3 is 2.83 bits per heavy atom. The third-order valence-corrected chi connectivity index (χ3v) is 4.09. The second kappa shape index (κ2) is 5.61. The molecule has 2 rings (SSSR count). The number of likely N-dealkylation sites (tertiary alicyclic amines) is 1. The minimum absolute atomic E-state index is 0.664. The first kappa shape index (κ1) is 13.2. The third kappa shape index (κ3) is 2.61. The van der Waals surface area contributed by atoms with Crippen molar-refractivity contribution in [2.75, 3.05) is 12.8 Å². The monoisotopic (exact) mass is 248 g/mol. The summed E-state index contributed by atoms with van der Waals surface area (Å²) in [6, 6.07) is 7.34. The fourth-order valence-corrected chi connectivity index (χ4v) is 2.94. The van der Waals surface area contributed by atoms with Crippen molar-refractivity contribution in [3.63, 3.8) is 0 Å². The van der Waals surface area contributed by atoms with Crippen LogP contribution in [0.1, 0.15) is 38.7 Å². The van der Waals surface area contributed by atoms with Crippen molar-refractivity contribution in [2.24, 2.45) is 0 Å². The highest BCUT2D eigenvalue weighted by Gasteiger charge is 2.29. The molecule has 2 unspecified atom stereocenters. The van der Waals surface area contributed by atoms with E-state index in [-0.39, 0.29) is 0 Å². The van der Waals surface area contributed by atoms with Gasteiger partial charge in [0, 0.05) is 35.9 Å². The molecular weight excluding hydrogens is 224 g/mol. The molecule has 0 aromatic heterocycles. The largest absolute Gasteiger partial charge is 0.496 e. The molecule has 2 N–H and O–H groups in total. The molecule has 1 aliphatic rings. The van der Waals surface area contributed by atoms with Crippen molar-refractivity contribution in [1.29, 1.82) is 0 Å². The molecule has 1 aromatic rings. The molecule has 1 saturated heterocycles. The molecular formula is C15H24N2O. The Bertz CT molecular complexity index is 405. The minimum atomic E-state index is 0.664. The highest BCUT2D eigenvalue weighted by Crippen LogP contribution is 2.31. The van der Waals surface area contributed by atoms with E-state index in [1.807, 2.05) is 12.1 Å². The molecule has 3 heteroatoms. The summed E-state index contributed by atoms with van der Waals surface area (Å²) in [5, 5.41) is 0. The average Bonchev–Trinajstić information content (AvgIpc) is 2.72. The topological polar surface area (TPSA) is 38.5 Å². The molecule has 0 saturated carbocycles. The standard InChI is InChI=1S/C15H24N2O/c1-4-14-8-5-11(2)17(14)10-12-6-7-13(16)9-15(12)18-3/h6-7,9,11,14H,4-5,8,10,16H2,1-3H3. The maximum absolute atomic E-state index is 5.80. The summed E-state index contributed by atoms with van der Waals surface area (Å²) < 4.78 is 5.43. The third-order valence-electron chi connectivity index (χ3n) is 4.09. The number of rotatable bonds is 4. The second-order valence-electron chi connectivity index (χ2n) is 5.23. The van der Waals surface area contributed by atoms with Crippen LogP contribution in [-0.2, 0) is 6.54 Å². The maximum Gasteiger partial charge on any atom is 0.125 e. The van der Waals surface area contributed by atoms with Crippen molar-refractivity contribution in [2.45, 2.75) is 51.7 Å². The Balaban J connectivity index is 2.17. The molecule has 0 aliphatic carbocycles. The molecule has 1 aliphatic heterocycles. The van der Waals surface area contributed by atoms with E-state index in [4.69, 9.17) is 10.5 Å². The summed E-state index contributed by atoms with van der Waals surface area (Å²) in [4.78, 5) is 2.59. The van der Waals surface area contributed by atoms with Crippen LogP contribution in [0.3, 0.4) is 0 Å². The zero-order valence-corrected chi connectivity index (χ0v) is 11.6. The number of hydrogen-bond donors (Lipinski definition) is 1. The molecule has 3 nitrogen and oxygen atoms in total. The highest BCUT2D eigenvalue weighted by molar-refractivity contribution is 5.48. The van der Waals surface area contributed by atoms with Gasteiger partial charge in [0.2, 0.25) is 0 Å². The lowest BCUT2D eigenvalue weighted by Crippen LogP contribution is -2.33. The normalized spacial score (nSPS) is 24.4. The van der Waals surface area contributed by atoms with E-state index in [1.54, 1.807) is 7.11 Å². The number of hydrogen-bond acceptors (Lipinski definition) is 3. The molecule has 0 amide bonds. The van der Waals surface area contributed by atoms with Gasteiger partial charge >= 0.3 is 0 Å². The lowest BCUT2D eigenvalue weighted by Gasteiger charge is -2.28. The van der Waals surface area contributed by atoms with E-state index in [0.29, 0.717) is 12.1 Å². The van der Waals surface area contributed by atoms with Gasteiger partial charge in [-0.05, 0) is 32.3 Å². The molecule has 0 bridgehead atoms. The van der Waals surface area contributed by atoms with Crippen LogP contribution in [-0.4, -0.2) is 24.1 Å². The molecule has 0 spiro atoms. The highest BCUT2D eigenvalue weighted by atomic mass is 16.5. The van der Waals surface area contributed by atoms with E-state index in [9.17, 15) is 0 Å². The smallest absolute Gasteiger partial charge is 0.125 e. The van der Waals surface area contributed by atoms with Crippen LogP contribution in [0.5, 0.6) is 5.75 Å². The van der Waals surface area contributed by atoms with Crippen molar-refractivity contribution in [1.82, 2.24) is 4.90 Å². The number of nitrogens with two attached hydrogens (primary N) is 1. The molecule has 2 atom stereocenters. The van der Waals surface area contributed by atoms with Gasteiger partial charge in [0.05, 0.1) is 7.11 Å². The summed E-state index contributed by atoms with van der Waals surface area (Å²) in [6.45, 7) is 5.55. The Hall–Kier alpha value is -1.22. The molecule has 1 heterocycles. The number of nitrogen functional groups attached to an aromatic ring is 1. The first-order valence-electron chi connectivity index (χ1n) is 6.83. The van der Waals surface area contributed by atoms with Crippen LogP contribution < -0.4 is 10.5 Å². The number of ether oxygens (including phenoxy) is 1. The van der Waals surface area contributed by atoms with E-state index in [1.165, 1.54) is 24.8 Å². The van der Waals surface area contributed by atoms with Crippen LogP contribution >= 0.6 is 0 Å². The summed E-state index contributed by atoms with van der Waals surface area (Å²) in [7, 11) is 1.71. The van der Waals surface area contributed by atoms with Crippen molar-refractivity contribution in [3.05, 3.63) is 23.8 Å². The van der Waals surface area contributed by atoms with Crippen molar-refractivity contribution in [3.8, 4) is 5.75 Å². The molecule has 1 aromatic carbocycles. The number of methoxy groups -OCH3 is 1. The van der Waals surface area contributed by atoms with Gasteiger partial charge < -0.3 is 10.5 Å². The van der Waals surface area contributed by atoms with Crippen LogP contribution in [0, 0.1) is 0 Å². The summed E-state index contributed by atoms with van der Waals surface area (Å²) in [5.41, 5.74) is 7.79. The fourth-order valence-electron chi connectivity index (χ4n) is 2.94. The zero-order valence-electron chi connectivity index (χ0n) is 11.6. The van der Waals surface area contributed by atoms with E-state index < -0.39 is 0 Å². The van der Waals surface area contributed by atoms with Gasteiger partial charge in [-0.25, -0.2) is 0 Å². The number of anilines is 1. The lowest BCUT2D eigenvalue weighted by atomic mass is 10.1. The van der Waals surface area contributed by atoms with Crippen LogP contribution in [0.15, 0.2) is 18.2 Å². The molecule has 1 fully saturated rings. The molecule has 0 radical (unpaired) electrons. The van der Waals surface area contributed by atoms with Gasteiger partial charge in [-0.1, -0.05) is 13.0 Å². The minimum Gasteiger partial charge on any atom is -0.496 e. The van der Waals surface area contributed by atoms with Gasteiger partial charge in [-0.3, -0.25) is 4.90 Å². The maximum atomic E-state index is 5.80. The van der Waals surface area contributed by atoms with Gasteiger partial charge in [0.1, 0.15) is 5.75 Å². The van der Waals surface area contributed by atoms with Crippen molar-refractivity contribution < 1.29 is 4.74 Å². The van der Waals surface area contributed by atoms with Gasteiger partial charge in [0.15, 0.2) is 0 Å². The Kier molecular flexibility index (Phi) is 4.12. The van der Waals surface area contributed by atoms with Gasteiger partial charge in [-0.2, -0.15) is 0 Å². The van der Waals surface area contributed by atoms with E-state index >= 15 is 0 Å². The Morgan fingerprint density at radius 2 is 2.17 bits per heavy atom. The number of nitrogens with zero attached hydrogens (tertiary/aromatic N) is 1. The quantitative estimate of drug-likeness (QED) is 0.832. The summed E-state index contributed by atoms with van der Waals surface area (Å²) >= 11 is 0. The second-order valence-corrected chi connectivity index (χ2v) is 5.23. The first-order valence-corrected chi connectivity index (χ1v) is 6.83. The predicted molar refractivity (Wildman–Crippen MR) is 75.7 cm³/mol. The molecule has 18 heavy (non-hydrogen) atoms. The predicted octanol–water partition coefficient (Wildman–Crippen LogP) is 3.04. The summed E-state index contributed by atoms with van der Waals surface area (Å²) in [5.74, 6) is 0.906. The van der Waals surface area contributed by atoms with Crippen LogP contribution in [0.4, 0.5) is 5.69 Å². The van der Waals surface area contributed by atoms with Crippen molar-refractivity contribution >= 4 is 5.69 Å².